The predicted molar refractivity (Wildman–Crippen MR) is 80.7 cm³/mol. The van der Waals surface area contributed by atoms with E-state index in [0.717, 1.165) is 50.5 Å². The molecule has 0 aliphatic carbocycles. The van der Waals surface area contributed by atoms with Crippen molar-refractivity contribution in [1.29, 1.82) is 0 Å². The normalized spacial score (nSPS) is 16.6. The van der Waals surface area contributed by atoms with Crippen molar-refractivity contribution in [3.63, 3.8) is 0 Å². The first-order valence-electron chi connectivity index (χ1n) is 7.11. The van der Waals surface area contributed by atoms with Crippen LogP contribution in [0.25, 0.3) is 0 Å². The molecule has 0 saturated carbocycles. The van der Waals surface area contributed by atoms with Gasteiger partial charge < -0.3 is 20.7 Å². The number of ether oxygens (including phenoxy) is 1. The van der Waals surface area contributed by atoms with Crippen LogP contribution in [0, 0.1) is 6.92 Å². The third kappa shape index (κ3) is 4.51. The molecule has 1 aromatic carbocycles. The second-order valence-corrected chi connectivity index (χ2v) is 5.18. The smallest absolute Gasteiger partial charge is 0.225 e. The Bertz CT molecular complexity index is 454. The Hall–Kier alpha value is -1.59. The van der Waals surface area contributed by atoms with Gasteiger partial charge in [0.1, 0.15) is 0 Å². The van der Waals surface area contributed by atoms with Crippen molar-refractivity contribution in [3.8, 4) is 0 Å². The van der Waals surface area contributed by atoms with E-state index in [1.165, 1.54) is 0 Å². The quantitative estimate of drug-likeness (QED) is 0.821. The van der Waals surface area contributed by atoms with E-state index in [9.17, 15) is 4.79 Å². The molecule has 5 heteroatoms. The highest BCUT2D eigenvalue weighted by Crippen LogP contribution is 2.18. The molecule has 110 valence electrons. The maximum Gasteiger partial charge on any atom is 0.225 e. The van der Waals surface area contributed by atoms with E-state index in [1.807, 2.05) is 19.1 Å². The first-order chi connectivity index (χ1) is 9.65. The highest BCUT2D eigenvalue weighted by atomic mass is 16.5. The molecular formula is C15H23N3O2. The molecule has 1 fully saturated rings. The number of carbonyl (C=O) groups is 1. The van der Waals surface area contributed by atoms with E-state index in [0.29, 0.717) is 12.1 Å². The van der Waals surface area contributed by atoms with Gasteiger partial charge in [0, 0.05) is 44.0 Å². The number of amides is 1. The predicted octanol–water partition coefficient (Wildman–Crippen LogP) is 1.63. The molecule has 0 unspecified atom stereocenters. The standard InChI is InChI=1S/C15H23N3O2/c1-12-3-4-13(16)11-14(12)17-15(19)5-7-18-6-2-9-20-10-8-18/h3-4,11H,2,5-10,16H2,1H3,(H,17,19). The molecule has 5 nitrogen and oxygen atoms in total. The van der Waals surface area contributed by atoms with Crippen molar-refractivity contribution in [2.75, 3.05) is 43.9 Å². The number of hydrogen-bond acceptors (Lipinski definition) is 4. The lowest BCUT2D eigenvalue weighted by Gasteiger charge is -2.18. The number of rotatable bonds is 4. The molecule has 1 amide bonds. The summed E-state index contributed by atoms with van der Waals surface area (Å²) in [6.07, 6.45) is 1.53. The molecule has 1 aliphatic heterocycles. The number of anilines is 2. The van der Waals surface area contributed by atoms with Gasteiger partial charge in [0.05, 0.1) is 6.61 Å². The Kier molecular flexibility index (Phi) is 5.38. The number of hydrogen-bond donors (Lipinski definition) is 2. The summed E-state index contributed by atoms with van der Waals surface area (Å²) in [5, 5.41) is 2.93. The molecule has 2 rings (SSSR count). The Labute approximate surface area is 120 Å². The van der Waals surface area contributed by atoms with Gasteiger partial charge in [-0.3, -0.25) is 4.79 Å². The Morgan fingerprint density at radius 3 is 3.10 bits per heavy atom. The summed E-state index contributed by atoms with van der Waals surface area (Å²) in [5.74, 6) is 0.0314. The summed E-state index contributed by atoms with van der Waals surface area (Å²) in [6.45, 7) is 6.23. The average molecular weight is 277 g/mol. The van der Waals surface area contributed by atoms with Crippen LogP contribution in [0.4, 0.5) is 11.4 Å². The van der Waals surface area contributed by atoms with E-state index in [-0.39, 0.29) is 5.91 Å². The van der Waals surface area contributed by atoms with Crippen LogP contribution in [0.15, 0.2) is 18.2 Å². The number of nitrogen functional groups attached to an aromatic ring is 1. The van der Waals surface area contributed by atoms with Gasteiger partial charge in [-0.15, -0.1) is 0 Å². The molecule has 0 bridgehead atoms. The van der Waals surface area contributed by atoms with E-state index in [4.69, 9.17) is 10.5 Å². The van der Waals surface area contributed by atoms with E-state index in [2.05, 4.69) is 10.2 Å². The van der Waals surface area contributed by atoms with Gasteiger partial charge >= 0.3 is 0 Å². The first kappa shape index (κ1) is 14.8. The summed E-state index contributed by atoms with van der Waals surface area (Å²) in [5.41, 5.74) is 8.22. The number of nitrogens with one attached hydrogen (secondary N) is 1. The summed E-state index contributed by atoms with van der Waals surface area (Å²) >= 11 is 0. The topological polar surface area (TPSA) is 67.6 Å². The molecule has 1 aliphatic rings. The number of nitrogens with two attached hydrogens (primary N) is 1. The zero-order valence-electron chi connectivity index (χ0n) is 12.0. The van der Waals surface area contributed by atoms with Gasteiger partial charge in [0.15, 0.2) is 0 Å². The van der Waals surface area contributed by atoms with E-state index < -0.39 is 0 Å². The van der Waals surface area contributed by atoms with Crippen LogP contribution < -0.4 is 11.1 Å². The van der Waals surface area contributed by atoms with Gasteiger partial charge in [-0.1, -0.05) is 6.07 Å². The van der Waals surface area contributed by atoms with Gasteiger partial charge in [0.25, 0.3) is 0 Å². The molecule has 1 saturated heterocycles. The number of benzene rings is 1. The molecule has 1 heterocycles. The molecular weight excluding hydrogens is 254 g/mol. The Balaban J connectivity index is 1.81. The Morgan fingerprint density at radius 1 is 1.40 bits per heavy atom. The summed E-state index contributed by atoms with van der Waals surface area (Å²) in [6, 6.07) is 5.55. The lowest BCUT2D eigenvalue weighted by atomic mass is 10.2. The van der Waals surface area contributed by atoms with Gasteiger partial charge in [0.2, 0.25) is 5.91 Å². The minimum Gasteiger partial charge on any atom is -0.399 e. The minimum absolute atomic E-state index is 0.0314. The first-order valence-corrected chi connectivity index (χ1v) is 7.11. The fourth-order valence-corrected chi connectivity index (χ4v) is 2.27. The number of carbonyl (C=O) groups excluding carboxylic acids is 1. The molecule has 1 aromatic rings. The van der Waals surface area contributed by atoms with Crippen LogP contribution in [-0.4, -0.2) is 43.7 Å². The van der Waals surface area contributed by atoms with Crippen LogP contribution in [0.2, 0.25) is 0 Å². The summed E-state index contributed by atoms with van der Waals surface area (Å²) in [7, 11) is 0. The minimum atomic E-state index is 0.0314. The van der Waals surface area contributed by atoms with E-state index in [1.54, 1.807) is 6.07 Å². The third-order valence-electron chi connectivity index (χ3n) is 3.51. The molecule has 0 spiro atoms. The zero-order chi connectivity index (χ0) is 14.4. The largest absolute Gasteiger partial charge is 0.399 e. The third-order valence-corrected chi connectivity index (χ3v) is 3.51. The van der Waals surface area contributed by atoms with Crippen LogP contribution >= 0.6 is 0 Å². The highest BCUT2D eigenvalue weighted by molar-refractivity contribution is 5.92. The molecule has 0 radical (unpaired) electrons. The molecule has 0 atom stereocenters. The second-order valence-electron chi connectivity index (χ2n) is 5.18. The fraction of sp³-hybridized carbons (Fsp3) is 0.533. The fourth-order valence-electron chi connectivity index (χ4n) is 2.27. The lowest BCUT2D eigenvalue weighted by Crippen LogP contribution is -2.30. The average Bonchev–Trinajstić information content (AvgIpc) is 2.69. The van der Waals surface area contributed by atoms with Gasteiger partial charge in [-0.2, -0.15) is 0 Å². The molecule has 20 heavy (non-hydrogen) atoms. The van der Waals surface area contributed by atoms with Crippen LogP contribution in [0.3, 0.4) is 0 Å². The maximum absolute atomic E-state index is 12.0. The molecule has 3 N–H and O–H groups in total. The van der Waals surface area contributed by atoms with Crippen molar-refractivity contribution < 1.29 is 9.53 Å². The summed E-state index contributed by atoms with van der Waals surface area (Å²) in [4.78, 5) is 14.3. The van der Waals surface area contributed by atoms with Crippen molar-refractivity contribution >= 4 is 17.3 Å². The van der Waals surface area contributed by atoms with Gasteiger partial charge in [-0.05, 0) is 31.0 Å². The Morgan fingerprint density at radius 2 is 2.25 bits per heavy atom. The van der Waals surface area contributed by atoms with Gasteiger partial charge in [-0.25, -0.2) is 0 Å². The maximum atomic E-state index is 12.0. The van der Waals surface area contributed by atoms with Crippen LogP contribution in [0.1, 0.15) is 18.4 Å². The molecule has 0 aromatic heterocycles. The zero-order valence-corrected chi connectivity index (χ0v) is 12.0. The van der Waals surface area contributed by atoms with Crippen LogP contribution in [0.5, 0.6) is 0 Å². The summed E-state index contributed by atoms with van der Waals surface area (Å²) < 4.78 is 5.40. The van der Waals surface area contributed by atoms with Crippen molar-refractivity contribution in [2.24, 2.45) is 0 Å². The second kappa shape index (κ2) is 7.26. The monoisotopic (exact) mass is 277 g/mol. The van der Waals surface area contributed by atoms with E-state index >= 15 is 0 Å². The number of nitrogens with zero attached hydrogens (tertiary/aromatic N) is 1. The number of aryl methyl sites for hydroxylation is 1. The van der Waals surface area contributed by atoms with Crippen molar-refractivity contribution in [2.45, 2.75) is 19.8 Å². The van der Waals surface area contributed by atoms with Crippen molar-refractivity contribution in [3.05, 3.63) is 23.8 Å². The highest BCUT2D eigenvalue weighted by Gasteiger charge is 2.11. The lowest BCUT2D eigenvalue weighted by molar-refractivity contribution is -0.116. The van der Waals surface area contributed by atoms with Crippen molar-refractivity contribution in [1.82, 2.24) is 4.90 Å². The van der Waals surface area contributed by atoms with Crippen LogP contribution in [-0.2, 0) is 9.53 Å². The SMILES string of the molecule is Cc1ccc(N)cc1NC(=O)CCN1CCCOCC1.